The normalized spacial score (nSPS) is 13.7. The molecule has 1 heterocycles. The van der Waals surface area contributed by atoms with E-state index in [-0.39, 0.29) is 11.3 Å². The van der Waals surface area contributed by atoms with Crippen molar-refractivity contribution in [2.75, 3.05) is 17.3 Å². The third kappa shape index (κ3) is 3.60. The van der Waals surface area contributed by atoms with Gasteiger partial charge in [0.05, 0.1) is 18.4 Å². The monoisotopic (exact) mass is 468 g/mol. The van der Waals surface area contributed by atoms with Crippen LogP contribution in [0.4, 0.5) is 11.4 Å². The number of para-hydroxylation sites is 1. The van der Waals surface area contributed by atoms with E-state index in [0.717, 1.165) is 22.0 Å². The van der Waals surface area contributed by atoms with E-state index < -0.39 is 11.8 Å². The molecule has 0 aliphatic carbocycles. The number of carbonyl (C=O) groups excluding carboxylic acids is 2. The molecule has 0 fully saturated rings. The van der Waals surface area contributed by atoms with Crippen molar-refractivity contribution in [3.05, 3.63) is 107 Å². The van der Waals surface area contributed by atoms with Gasteiger partial charge in [0.1, 0.15) is 11.4 Å². The molecule has 6 heteroatoms. The number of rotatable bonds is 5. The van der Waals surface area contributed by atoms with Crippen LogP contribution in [-0.2, 0) is 9.59 Å². The SMILES string of the molecule is COc1ccccc1C1=C(Nc2cccc3ccccc23)C(=O)N(c2cc(Cl)ccc2C)C1=O. The molecule has 0 saturated carbocycles. The number of benzene rings is 4. The summed E-state index contributed by atoms with van der Waals surface area (Å²) in [7, 11) is 1.54. The van der Waals surface area contributed by atoms with Gasteiger partial charge in [-0.05, 0) is 42.1 Å². The van der Waals surface area contributed by atoms with Gasteiger partial charge in [-0.2, -0.15) is 0 Å². The van der Waals surface area contributed by atoms with Crippen LogP contribution in [0.15, 0.2) is 90.6 Å². The summed E-state index contributed by atoms with van der Waals surface area (Å²) in [6, 6.07) is 26.0. The first-order chi connectivity index (χ1) is 16.5. The second-order valence-electron chi connectivity index (χ2n) is 7.98. The number of amides is 2. The number of nitrogens with one attached hydrogen (secondary N) is 1. The molecule has 4 aromatic rings. The molecule has 2 amide bonds. The Kier molecular flexibility index (Phi) is 5.56. The summed E-state index contributed by atoms with van der Waals surface area (Å²) in [5.41, 5.74) is 2.90. The Balaban J connectivity index is 1.71. The lowest BCUT2D eigenvalue weighted by molar-refractivity contribution is -0.120. The molecular formula is C28H21ClN2O3. The zero-order chi connectivity index (χ0) is 23.8. The maximum Gasteiger partial charge on any atom is 0.282 e. The Morgan fingerprint density at radius 2 is 1.59 bits per heavy atom. The summed E-state index contributed by atoms with van der Waals surface area (Å²) >= 11 is 6.22. The third-order valence-electron chi connectivity index (χ3n) is 5.92. The zero-order valence-corrected chi connectivity index (χ0v) is 19.4. The number of methoxy groups -OCH3 is 1. The number of imide groups is 1. The van der Waals surface area contributed by atoms with Crippen LogP contribution in [0.1, 0.15) is 11.1 Å². The molecule has 0 aromatic heterocycles. The van der Waals surface area contributed by atoms with Crippen LogP contribution in [0.3, 0.4) is 0 Å². The van der Waals surface area contributed by atoms with E-state index in [1.165, 1.54) is 12.0 Å². The van der Waals surface area contributed by atoms with Gasteiger partial charge >= 0.3 is 0 Å². The molecule has 168 valence electrons. The lowest BCUT2D eigenvalue weighted by Crippen LogP contribution is -2.33. The van der Waals surface area contributed by atoms with Crippen LogP contribution in [0.2, 0.25) is 5.02 Å². The molecule has 5 nitrogen and oxygen atoms in total. The fourth-order valence-corrected chi connectivity index (χ4v) is 4.42. The lowest BCUT2D eigenvalue weighted by atomic mass is 10.0. The fraction of sp³-hybridized carbons (Fsp3) is 0.0714. The molecule has 0 bridgehead atoms. The van der Waals surface area contributed by atoms with Crippen molar-refractivity contribution in [1.29, 1.82) is 0 Å². The van der Waals surface area contributed by atoms with Crippen molar-refractivity contribution in [2.24, 2.45) is 0 Å². The van der Waals surface area contributed by atoms with Gasteiger partial charge in [0, 0.05) is 21.7 Å². The van der Waals surface area contributed by atoms with Crippen molar-refractivity contribution >= 4 is 51.1 Å². The van der Waals surface area contributed by atoms with E-state index in [2.05, 4.69) is 5.32 Å². The van der Waals surface area contributed by atoms with Gasteiger partial charge in [-0.1, -0.05) is 72.3 Å². The first-order valence-corrected chi connectivity index (χ1v) is 11.1. The largest absolute Gasteiger partial charge is 0.496 e. The van der Waals surface area contributed by atoms with E-state index in [1.807, 2.05) is 61.5 Å². The maximum absolute atomic E-state index is 13.8. The molecule has 0 atom stereocenters. The molecule has 1 aliphatic heterocycles. The summed E-state index contributed by atoms with van der Waals surface area (Å²) in [6.45, 7) is 1.84. The Bertz CT molecular complexity index is 1490. The number of carbonyl (C=O) groups is 2. The van der Waals surface area contributed by atoms with E-state index in [1.54, 1.807) is 30.3 Å². The summed E-state index contributed by atoms with van der Waals surface area (Å²) in [5.74, 6) is -0.396. The number of hydrogen-bond acceptors (Lipinski definition) is 4. The summed E-state index contributed by atoms with van der Waals surface area (Å²) in [6.07, 6.45) is 0. The van der Waals surface area contributed by atoms with Crippen LogP contribution in [-0.4, -0.2) is 18.9 Å². The van der Waals surface area contributed by atoms with Crippen molar-refractivity contribution < 1.29 is 14.3 Å². The van der Waals surface area contributed by atoms with E-state index in [0.29, 0.717) is 22.0 Å². The minimum absolute atomic E-state index is 0.185. The minimum Gasteiger partial charge on any atom is -0.496 e. The van der Waals surface area contributed by atoms with Crippen molar-refractivity contribution in [3.63, 3.8) is 0 Å². The van der Waals surface area contributed by atoms with Crippen molar-refractivity contribution in [2.45, 2.75) is 6.92 Å². The van der Waals surface area contributed by atoms with Crippen LogP contribution in [0.25, 0.3) is 16.3 Å². The first kappa shape index (κ1) is 21.7. The van der Waals surface area contributed by atoms with Crippen molar-refractivity contribution in [3.8, 4) is 5.75 Å². The van der Waals surface area contributed by atoms with Crippen LogP contribution in [0.5, 0.6) is 5.75 Å². The zero-order valence-electron chi connectivity index (χ0n) is 18.6. The fourth-order valence-electron chi connectivity index (χ4n) is 4.26. The van der Waals surface area contributed by atoms with Crippen LogP contribution < -0.4 is 15.0 Å². The van der Waals surface area contributed by atoms with Gasteiger partial charge in [-0.15, -0.1) is 0 Å². The van der Waals surface area contributed by atoms with Crippen LogP contribution >= 0.6 is 11.6 Å². The Morgan fingerprint density at radius 1 is 0.853 bits per heavy atom. The highest BCUT2D eigenvalue weighted by Crippen LogP contribution is 2.39. The van der Waals surface area contributed by atoms with Gasteiger partial charge < -0.3 is 10.1 Å². The Hall–Kier alpha value is -4.09. The molecule has 0 saturated heterocycles. The molecular weight excluding hydrogens is 448 g/mol. The maximum atomic E-state index is 13.8. The topological polar surface area (TPSA) is 58.6 Å². The summed E-state index contributed by atoms with van der Waals surface area (Å²) in [5, 5.41) is 5.68. The molecule has 4 aromatic carbocycles. The number of aryl methyl sites for hydroxylation is 1. The number of halogens is 1. The predicted octanol–water partition coefficient (Wildman–Crippen LogP) is 6.21. The second-order valence-corrected chi connectivity index (χ2v) is 8.41. The molecule has 0 radical (unpaired) electrons. The highest BCUT2D eigenvalue weighted by molar-refractivity contribution is 6.47. The number of fused-ring (bicyclic) bond motifs is 1. The molecule has 0 spiro atoms. The average molecular weight is 469 g/mol. The highest BCUT2D eigenvalue weighted by atomic mass is 35.5. The molecule has 0 unspecified atom stereocenters. The predicted molar refractivity (Wildman–Crippen MR) is 136 cm³/mol. The standard InChI is InChI=1S/C28H21ClN2O3/c1-17-14-15-19(29)16-23(17)31-27(32)25(21-11-5-6-13-24(21)34-2)26(28(31)33)30-22-12-7-9-18-8-3-4-10-20(18)22/h3-16,30H,1-2H3. The summed E-state index contributed by atoms with van der Waals surface area (Å²) < 4.78 is 5.53. The molecule has 1 N–H and O–H groups in total. The van der Waals surface area contributed by atoms with Gasteiger partial charge in [0.15, 0.2) is 0 Å². The Labute approximate surface area is 202 Å². The van der Waals surface area contributed by atoms with Gasteiger partial charge in [0.2, 0.25) is 0 Å². The second kappa shape index (κ2) is 8.69. The number of ether oxygens (including phenoxy) is 1. The number of hydrogen-bond donors (Lipinski definition) is 1. The van der Waals surface area contributed by atoms with Gasteiger partial charge in [-0.25, -0.2) is 4.90 Å². The van der Waals surface area contributed by atoms with E-state index >= 15 is 0 Å². The average Bonchev–Trinajstić information content (AvgIpc) is 3.09. The minimum atomic E-state index is -0.454. The highest BCUT2D eigenvalue weighted by Gasteiger charge is 2.42. The molecule has 1 aliphatic rings. The Morgan fingerprint density at radius 3 is 2.41 bits per heavy atom. The number of anilines is 2. The molecule has 34 heavy (non-hydrogen) atoms. The van der Waals surface area contributed by atoms with E-state index in [9.17, 15) is 9.59 Å². The number of nitrogens with zero attached hydrogens (tertiary/aromatic N) is 1. The van der Waals surface area contributed by atoms with Crippen molar-refractivity contribution in [1.82, 2.24) is 0 Å². The third-order valence-corrected chi connectivity index (χ3v) is 6.16. The first-order valence-electron chi connectivity index (χ1n) is 10.8. The lowest BCUT2D eigenvalue weighted by Gasteiger charge is -2.18. The van der Waals surface area contributed by atoms with Crippen LogP contribution in [0, 0.1) is 6.92 Å². The molecule has 5 rings (SSSR count). The summed E-state index contributed by atoms with van der Waals surface area (Å²) in [4.78, 5) is 28.8. The smallest absolute Gasteiger partial charge is 0.282 e. The van der Waals surface area contributed by atoms with Gasteiger partial charge in [-0.3, -0.25) is 9.59 Å². The van der Waals surface area contributed by atoms with Gasteiger partial charge in [0.25, 0.3) is 11.8 Å². The van der Waals surface area contributed by atoms with E-state index in [4.69, 9.17) is 16.3 Å². The quantitative estimate of drug-likeness (QED) is 0.354.